The van der Waals surface area contributed by atoms with Gasteiger partial charge in [-0.25, -0.2) is 4.39 Å². The Morgan fingerprint density at radius 1 is 1.22 bits per heavy atom. The van der Waals surface area contributed by atoms with Crippen molar-refractivity contribution in [2.24, 2.45) is 0 Å². The van der Waals surface area contributed by atoms with E-state index in [1.54, 1.807) is 24.3 Å². The molecule has 1 heterocycles. The molecule has 0 bridgehead atoms. The number of amides is 1. The Morgan fingerprint density at radius 3 is 2.74 bits per heavy atom. The molecule has 0 aliphatic carbocycles. The standard InChI is InChI=1S/C18H13FN4O2S2/c19-14-3-1-2-4-15(14)25-10-16(24)21-17-22-23-18(27-17)26-11-13-7-5-12(9-20)6-8-13/h1-8H,10-11H2,(H,21,22,24). The number of nitrogens with zero attached hydrogens (tertiary/aromatic N) is 3. The van der Waals surface area contributed by atoms with E-state index in [0.29, 0.717) is 20.8 Å². The summed E-state index contributed by atoms with van der Waals surface area (Å²) in [4.78, 5) is 11.9. The third-order valence-electron chi connectivity index (χ3n) is 3.29. The summed E-state index contributed by atoms with van der Waals surface area (Å²) in [6.07, 6.45) is 0. The molecule has 3 rings (SSSR count). The van der Waals surface area contributed by atoms with E-state index in [4.69, 9.17) is 10.00 Å². The molecule has 0 fully saturated rings. The number of para-hydroxylation sites is 1. The van der Waals surface area contributed by atoms with Crippen molar-refractivity contribution in [3.05, 3.63) is 65.5 Å². The molecule has 1 N–H and O–H groups in total. The SMILES string of the molecule is N#Cc1ccc(CSc2nnc(NC(=O)COc3ccccc3F)s2)cc1. The fourth-order valence-corrected chi connectivity index (χ4v) is 3.72. The van der Waals surface area contributed by atoms with Crippen molar-refractivity contribution in [2.45, 2.75) is 10.1 Å². The van der Waals surface area contributed by atoms with E-state index in [0.717, 1.165) is 5.56 Å². The highest BCUT2D eigenvalue weighted by molar-refractivity contribution is 8.00. The normalized spacial score (nSPS) is 10.2. The van der Waals surface area contributed by atoms with Crippen LogP contribution >= 0.6 is 23.1 Å². The van der Waals surface area contributed by atoms with E-state index in [9.17, 15) is 9.18 Å². The Kier molecular flexibility index (Phi) is 6.35. The molecule has 0 saturated heterocycles. The Bertz CT molecular complexity index is 970. The van der Waals surface area contributed by atoms with Crippen LogP contribution in [0.25, 0.3) is 0 Å². The van der Waals surface area contributed by atoms with E-state index in [1.807, 2.05) is 12.1 Å². The molecule has 9 heteroatoms. The van der Waals surface area contributed by atoms with Gasteiger partial charge in [0.2, 0.25) is 5.13 Å². The maximum Gasteiger partial charge on any atom is 0.264 e. The number of benzene rings is 2. The second-order valence-corrected chi connectivity index (χ2v) is 7.44. The van der Waals surface area contributed by atoms with E-state index < -0.39 is 11.7 Å². The van der Waals surface area contributed by atoms with Gasteiger partial charge in [0.25, 0.3) is 5.91 Å². The van der Waals surface area contributed by atoms with Crippen LogP contribution in [0.3, 0.4) is 0 Å². The van der Waals surface area contributed by atoms with Crippen molar-refractivity contribution in [2.75, 3.05) is 11.9 Å². The summed E-state index contributed by atoms with van der Waals surface area (Å²) in [6, 6.07) is 15.2. The Morgan fingerprint density at radius 2 is 2.00 bits per heavy atom. The number of carbonyl (C=O) groups excluding carboxylic acids is 1. The minimum absolute atomic E-state index is 0.0172. The third-order valence-corrected chi connectivity index (χ3v) is 5.34. The number of thioether (sulfide) groups is 1. The third kappa shape index (κ3) is 5.51. The number of nitrogens with one attached hydrogen (secondary N) is 1. The highest BCUT2D eigenvalue weighted by Crippen LogP contribution is 2.28. The predicted octanol–water partition coefficient (Wildman–Crippen LogP) is 3.86. The molecule has 0 aliphatic heterocycles. The molecule has 0 atom stereocenters. The summed E-state index contributed by atoms with van der Waals surface area (Å²) >= 11 is 2.72. The summed E-state index contributed by atoms with van der Waals surface area (Å²) in [6.45, 7) is -0.325. The minimum Gasteiger partial charge on any atom is -0.481 e. The summed E-state index contributed by atoms with van der Waals surface area (Å²) in [5.41, 5.74) is 1.67. The smallest absolute Gasteiger partial charge is 0.264 e. The zero-order chi connectivity index (χ0) is 19.1. The molecule has 27 heavy (non-hydrogen) atoms. The van der Waals surface area contributed by atoms with Gasteiger partial charge in [-0.1, -0.05) is 47.4 Å². The van der Waals surface area contributed by atoms with Gasteiger partial charge in [0.05, 0.1) is 11.6 Å². The molecular formula is C18H13FN4O2S2. The predicted molar refractivity (Wildman–Crippen MR) is 101 cm³/mol. The van der Waals surface area contributed by atoms with Gasteiger partial charge in [-0.15, -0.1) is 10.2 Å². The topological polar surface area (TPSA) is 87.9 Å². The van der Waals surface area contributed by atoms with Crippen LogP contribution in [-0.2, 0) is 10.5 Å². The van der Waals surface area contributed by atoms with E-state index in [-0.39, 0.29) is 12.4 Å². The van der Waals surface area contributed by atoms with Gasteiger partial charge in [0, 0.05) is 5.75 Å². The van der Waals surface area contributed by atoms with Crippen LogP contribution in [0.4, 0.5) is 9.52 Å². The molecule has 0 radical (unpaired) electrons. The second-order valence-electron chi connectivity index (χ2n) is 5.24. The second kappa shape index (κ2) is 9.12. The number of halogens is 1. The van der Waals surface area contributed by atoms with Crippen LogP contribution < -0.4 is 10.1 Å². The van der Waals surface area contributed by atoms with Crippen molar-refractivity contribution < 1.29 is 13.9 Å². The van der Waals surface area contributed by atoms with Crippen LogP contribution in [0.2, 0.25) is 0 Å². The van der Waals surface area contributed by atoms with Crippen LogP contribution in [0.15, 0.2) is 52.9 Å². The van der Waals surface area contributed by atoms with Crippen molar-refractivity contribution in [1.82, 2.24) is 10.2 Å². The lowest BCUT2D eigenvalue weighted by atomic mass is 10.2. The average Bonchev–Trinajstić information content (AvgIpc) is 3.13. The molecule has 3 aromatic rings. The number of hydrogen-bond acceptors (Lipinski definition) is 7. The number of anilines is 1. The maximum absolute atomic E-state index is 13.4. The van der Waals surface area contributed by atoms with Gasteiger partial charge in [0.1, 0.15) is 0 Å². The summed E-state index contributed by atoms with van der Waals surface area (Å²) in [5, 5.41) is 19.6. The number of aromatic nitrogens is 2. The van der Waals surface area contributed by atoms with Gasteiger partial charge >= 0.3 is 0 Å². The van der Waals surface area contributed by atoms with Crippen molar-refractivity contribution in [1.29, 1.82) is 5.26 Å². The molecule has 0 spiro atoms. The van der Waals surface area contributed by atoms with Gasteiger partial charge in [0.15, 0.2) is 22.5 Å². The first-order valence-corrected chi connectivity index (χ1v) is 9.57. The van der Waals surface area contributed by atoms with Crippen molar-refractivity contribution in [3.63, 3.8) is 0 Å². The Hall–Kier alpha value is -2.96. The van der Waals surface area contributed by atoms with E-state index in [1.165, 1.54) is 35.2 Å². The minimum atomic E-state index is -0.525. The molecule has 0 aliphatic rings. The van der Waals surface area contributed by atoms with Crippen molar-refractivity contribution >= 4 is 34.1 Å². The molecule has 1 amide bonds. The first kappa shape index (κ1) is 18.8. The highest BCUT2D eigenvalue weighted by Gasteiger charge is 2.11. The quantitative estimate of drug-likeness (QED) is 0.479. The maximum atomic E-state index is 13.4. The summed E-state index contributed by atoms with van der Waals surface area (Å²) in [7, 11) is 0. The van der Waals surface area contributed by atoms with Crippen LogP contribution in [0, 0.1) is 17.1 Å². The van der Waals surface area contributed by atoms with Crippen molar-refractivity contribution in [3.8, 4) is 11.8 Å². The van der Waals surface area contributed by atoms with Gasteiger partial charge in [-0.05, 0) is 29.8 Å². The van der Waals surface area contributed by atoms with E-state index in [2.05, 4.69) is 21.6 Å². The molecule has 2 aromatic carbocycles. The molecule has 136 valence electrons. The van der Waals surface area contributed by atoms with Gasteiger partial charge in [-0.3, -0.25) is 10.1 Å². The molecule has 0 saturated carbocycles. The first-order chi connectivity index (χ1) is 13.1. The van der Waals surface area contributed by atoms with E-state index >= 15 is 0 Å². The highest BCUT2D eigenvalue weighted by atomic mass is 32.2. The Labute approximate surface area is 163 Å². The summed E-state index contributed by atoms with van der Waals surface area (Å²) < 4.78 is 19.3. The lowest BCUT2D eigenvalue weighted by molar-refractivity contribution is -0.118. The lowest BCUT2D eigenvalue weighted by Gasteiger charge is -2.05. The average molecular weight is 400 g/mol. The number of ether oxygens (including phenoxy) is 1. The first-order valence-electron chi connectivity index (χ1n) is 7.76. The number of rotatable bonds is 7. The largest absolute Gasteiger partial charge is 0.481 e. The van der Waals surface area contributed by atoms with Crippen LogP contribution in [-0.4, -0.2) is 22.7 Å². The fourth-order valence-electron chi connectivity index (χ4n) is 2.00. The zero-order valence-corrected chi connectivity index (χ0v) is 15.5. The zero-order valence-electron chi connectivity index (χ0n) is 13.9. The molecule has 1 aromatic heterocycles. The van der Waals surface area contributed by atoms with Crippen LogP contribution in [0.5, 0.6) is 5.75 Å². The summed E-state index contributed by atoms with van der Waals surface area (Å²) in [5.74, 6) is -0.283. The monoisotopic (exact) mass is 400 g/mol. The van der Waals surface area contributed by atoms with Gasteiger partial charge in [-0.2, -0.15) is 5.26 Å². The number of nitriles is 1. The molecule has 6 nitrogen and oxygen atoms in total. The van der Waals surface area contributed by atoms with Crippen LogP contribution in [0.1, 0.15) is 11.1 Å². The Balaban J connectivity index is 1.47. The molecular weight excluding hydrogens is 387 g/mol. The molecule has 0 unspecified atom stereocenters. The fraction of sp³-hybridized carbons (Fsp3) is 0.111. The number of hydrogen-bond donors (Lipinski definition) is 1. The number of carbonyl (C=O) groups is 1. The van der Waals surface area contributed by atoms with Gasteiger partial charge < -0.3 is 4.74 Å². The lowest BCUT2D eigenvalue weighted by Crippen LogP contribution is -2.20.